The van der Waals surface area contributed by atoms with Gasteiger partial charge in [-0.25, -0.2) is 0 Å². The minimum atomic E-state index is -2.22. The van der Waals surface area contributed by atoms with Gasteiger partial charge in [0.25, 0.3) is 0 Å². The molecule has 13 nitrogen and oxygen atoms in total. The molecule has 0 spiro atoms. The Morgan fingerprint density at radius 1 is 0.744 bits per heavy atom. The van der Waals surface area contributed by atoms with Crippen molar-refractivity contribution in [2.75, 3.05) is 19.8 Å². The van der Waals surface area contributed by atoms with E-state index in [1.807, 2.05) is 0 Å². The number of carbonyl (C=O) groups is 1. The maximum atomic E-state index is 10.3. The van der Waals surface area contributed by atoms with Crippen LogP contribution in [0.4, 0.5) is 0 Å². The fraction of sp³-hybridized carbons (Fsp3) is 0.833. The molecule has 0 aromatic carbocycles. The lowest BCUT2D eigenvalue weighted by atomic mass is 9.99. The second-order valence-corrected chi connectivity index (χ2v) is 10.9. The van der Waals surface area contributed by atoms with E-state index in [1.165, 1.54) is 44.9 Å². The van der Waals surface area contributed by atoms with Crippen LogP contribution >= 0.6 is 0 Å². The summed E-state index contributed by atoms with van der Waals surface area (Å²) in [7, 11) is 0. The van der Waals surface area contributed by atoms with E-state index in [4.69, 9.17) is 29.5 Å². The summed E-state index contributed by atoms with van der Waals surface area (Å²) in [5, 5.41) is 85.2. The van der Waals surface area contributed by atoms with Gasteiger partial charge in [-0.2, -0.15) is 0 Å². The minimum Gasteiger partial charge on any atom is -0.481 e. The third-order valence-electron chi connectivity index (χ3n) is 7.41. The monoisotopic (exact) mass is 622 g/mol. The highest BCUT2D eigenvalue weighted by molar-refractivity contribution is 5.66. The summed E-state index contributed by atoms with van der Waals surface area (Å²) in [5.74, 6) is -2.89. The highest BCUT2D eigenvalue weighted by Crippen LogP contribution is 2.35. The van der Waals surface area contributed by atoms with E-state index in [0.29, 0.717) is 6.42 Å². The number of unbranched alkanes of at least 4 members (excludes halogenated alkanes) is 8. The van der Waals surface area contributed by atoms with Crippen LogP contribution in [-0.2, 0) is 19.0 Å². The average molecular weight is 623 g/mol. The first-order chi connectivity index (χ1) is 20.6. The van der Waals surface area contributed by atoms with Crippen molar-refractivity contribution in [1.82, 2.24) is 0 Å². The average Bonchev–Trinajstić information content (AvgIpc) is 3.24. The normalized spacial score (nSPS) is 32.8. The van der Waals surface area contributed by atoms with Crippen molar-refractivity contribution >= 4 is 5.97 Å². The van der Waals surface area contributed by atoms with Crippen LogP contribution in [-0.4, -0.2) is 127 Å². The number of carboxylic acid groups (broad SMARTS) is 1. The molecule has 0 saturated carbocycles. The molecule has 9 N–H and O–H groups in total. The number of hydrogen-bond donors (Lipinski definition) is 9. The van der Waals surface area contributed by atoms with Gasteiger partial charge in [-0.05, 0) is 38.5 Å². The zero-order valence-corrected chi connectivity index (χ0v) is 25.2. The van der Waals surface area contributed by atoms with Gasteiger partial charge in [0.1, 0.15) is 49.3 Å². The summed E-state index contributed by atoms with van der Waals surface area (Å²) in [5.41, 5.74) is 0. The van der Waals surface area contributed by atoms with Crippen LogP contribution in [0.3, 0.4) is 0 Å². The highest BCUT2D eigenvalue weighted by Gasteiger charge is 2.58. The van der Waals surface area contributed by atoms with Gasteiger partial charge in [0.2, 0.25) is 5.79 Å². The quantitative estimate of drug-likeness (QED) is 0.0707. The number of aliphatic hydroxyl groups excluding tert-OH is 8. The maximum absolute atomic E-state index is 10.3. The van der Waals surface area contributed by atoms with Crippen molar-refractivity contribution in [3.63, 3.8) is 0 Å². The first kappa shape index (κ1) is 39.5. The van der Waals surface area contributed by atoms with Crippen LogP contribution in [0.15, 0.2) is 24.3 Å². The summed E-state index contributed by atoms with van der Waals surface area (Å²) >= 11 is 0. The molecule has 252 valence electrons. The Labute approximate surface area is 254 Å². The molecule has 0 bridgehead atoms. The molecule has 2 aliphatic heterocycles. The fourth-order valence-electron chi connectivity index (χ4n) is 4.72. The van der Waals surface area contributed by atoms with Crippen LogP contribution < -0.4 is 0 Å². The third-order valence-corrected chi connectivity index (χ3v) is 7.41. The molecule has 43 heavy (non-hydrogen) atoms. The molecule has 0 radical (unpaired) electrons. The Morgan fingerprint density at radius 3 is 1.86 bits per heavy atom. The van der Waals surface area contributed by atoms with Gasteiger partial charge in [-0.3, -0.25) is 4.79 Å². The molecular weight excluding hydrogens is 568 g/mol. The van der Waals surface area contributed by atoms with Crippen LogP contribution in [0.25, 0.3) is 0 Å². The Balaban J connectivity index is 0.000000436. The lowest BCUT2D eigenvalue weighted by molar-refractivity contribution is -0.383. The Kier molecular flexibility index (Phi) is 20.3. The number of hydrogen-bond acceptors (Lipinski definition) is 12. The van der Waals surface area contributed by atoms with Crippen LogP contribution in [0.5, 0.6) is 0 Å². The van der Waals surface area contributed by atoms with Gasteiger partial charge in [-0.15, -0.1) is 0 Å². The van der Waals surface area contributed by atoms with Crippen LogP contribution in [0, 0.1) is 0 Å². The maximum Gasteiger partial charge on any atom is 0.303 e. The smallest absolute Gasteiger partial charge is 0.303 e. The van der Waals surface area contributed by atoms with Crippen molar-refractivity contribution in [2.24, 2.45) is 0 Å². The summed E-state index contributed by atoms with van der Waals surface area (Å²) in [4.78, 5) is 10.3. The van der Waals surface area contributed by atoms with Gasteiger partial charge >= 0.3 is 5.97 Å². The van der Waals surface area contributed by atoms with Gasteiger partial charge < -0.3 is 60.2 Å². The van der Waals surface area contributed by atoms with Crippen LogP contribution in [0.2, 0.25) is 0 Å². The highest BCUT2D eigenvalue weighted by atomic mass is 16.8. The second-order valence-electron chi connectivity index (χ2n) is 10.9. The number of carboxylic acids is 1. The topological polar surface area (TPSA) is 227 Å². The summed E-state index contributed by atoms with van der Waals surface area (Å²) in [6.07, 6.45) is 9.63. The second kappa shape index (κ2) is 22.1. The molecule has 0 aromatic heterocycles. The Morgan fingerprint density at radius 2 is 1.33 bits per heavy atom. The van der Waals surface area contributed by atoms with E-state index in [9.17, 15) is 35.4 Å². The molecule has 2 saturated heterocycles. The fourth-order valence-corrected chi connectivity index (χ4v) is 4.72. The number of aliphatic carboxylic acids is 1. The number of aliphatic hydroxyl groups is 8. The molecule has 2 fully saturated rings. The van der Waals surface area contributed by atoms with Crippen molar-refractivity contribution in [3.8, 4) is 0 Å². The minimum absolute atomic E-state index is 0.324. The predicted octanol–water partition coefficient (Wildman–Crippen LogP) is 0.489. The van der Waals surface area contributed by atoms with E-state index < -0.39 is 80.6 Å². The first-order valence-electron chi connectivity index (χ1n) is 15.3. The van der Waals surface area contributed by atoms with E-state index in [0.717, 1.165) is 25.7 Å². The number of ether oxygens (including phenoxy) is 3. The van der Waals surface area contributed by atoms with Gasteiger partial charge in [-0.1, -0.05) is 63.3 Å². The number of rotatable bonds is 19. The first-order valence-corrected chi connectivity index (χ1v) is 15.3. The van der Waals surface area contributed by atoms with Gasteiger partial charge in [0.05, 0.1) is 13.2 Å². The molecule has 0 amide bonds. The molecule has 2 aliphatic rings. The zero-order chi connectivity index (χ0) is 32.3. The standard InChI is InChI=1S/C18H32O2.C12H22O11/c1-2-3-4-5-6-7-8-9-10-11-12-13-14-15-16-17-18(19)20;13-1-4-6(16)8(18)9(19)11(21-4)23-12(3-15)10(20)7(17)5(2-14)22-12/h6-7,9-10H,2-5,8,11-17H2,1H3,(H,19,20);4-11,13-20H,1-3H2/b7-6-,10-9-;/t;4-,5-,6-,7-,8+,9-,10+,11-,12+/m.1/s1. The molecule has 2 heterocycles. The summed E-state index contributed by atoms with van der Waals surface area (Å²) < 4.78 is 15.4. The van der Waals surface area contributed by atoms with Crippen LogP contribution in [0.1, 0.15) is 84.0 Å². The Hall–Kier alpha value is -1.49. The third kappa shape index (κ3) is 13.6. The molecule has 0 aromatic rings. The van der Waals surface area contributed by atoms with E-state index >= 15 is 0 Å². The molecular formula is C30H54O13. The zero-order valence-electron chi connectivity index (χ0n) is 25.2. The number of allylic oxidation sites excluding steroid dienone is 4. The molecule has 0 unspecified atom stereocenters. The van der Waals surface area contributed by atoms with E-state index in [2.05, 4.69) is 31.2 Å². The van der Waals surface area contributed by atoms with Gasteiger partial charge in [0, 0.05) is 6.42 Å². The van der Waals surface area contributed by atoms with Crippen molar-refractivity contribution in [1.29, 1.82) is 0 Å². The van der Waals surface area contributed by atoms with Crippen molar-refractivity contribution in [3.05, 3.63) is 24.3 Å². The van der Waals surface area contributed by atoms with Crippen molar-refractivity contribution < 1.29 is 65.0 Å². The van der Waals surface area contributed by atoms with E-state index in [1.54, 1.807) is 0 Å². The summed E-state index contributed by atoms with van der Waals surface area (Å²) in [6.45, 7) is -0.0877. The molecule has 13 heteroatoms. The molecule has 2 rings (SSSR count). The van der Waals surface area contributed by atoms with Crippen molar-refractivity contribution in [2.45, 2.75) is 139 Å². The Bertz CT molecular complexity index is 792. The predicted molar refractivity (Wildman–Crippen MR) is 156 cm³/mol. The molecule has 9 atom stereocenters. The lowest BCUT2D eigenvalue weighted by Crippen LogP contribution is -2.62. The van der Waals surface area contributed by atoms with Gasteiger partial charge in [0.15, 0.2) is 6.29 Å². The lowest BCUT2D eigenvalue weighted by Gasteiger charge is -2.43. The largest absolute Gasteiger partial charge is 0.481 e. The summed E-state index contributed by atoms with van der Waals surface area (Å²) in [6, 6.07) is 0. The van der Waals surface area contributed by atoms with E-state index in [-0.39, 0.29) is 0 Å². The molecule has 0 aliphatic carbocycles. The SMILES string of the molecule is CCCCC/C=C\C/C=C\CCCCCCCC(=O)O.OC[C@H]1O[C@@](CO)(O[C@H]2O[C@H](CO)[C@@H](O)[C@H](O)[C@H]2O)[C@@H](O)[C@@H]1O.